The van der Waals surface area contributed by atoms with Crippen molar-refractivity contribution in [1.29, 1.82) is 0 Å². The first-order chi connectivity index (χ1) is 21.2. The summed E-state index contributed by atoms with van der Waals surface area (Å²) < 4.78 is 39.1. The topological polar surface area (TPSA) is 138 Å². The fourth-order valence-electron chi connectivity index (χ4n) is 4.32. The number of rotatable bonds is 16. The van der Waals surface area contributed by atoms with Crippen LogP contribution in [0.4, 0.5) is 4.39 Å². The minimum atomic E-state index is -1.04. The van der Waals surface area contributed by atoms with E-state index in [-0.39, 0.29) is 66.2 Å². The van der Waals surface area contributed by atoms with E-state index in [9.17, 15) is 19.2 Å². The van der Waals surface area contributed by atoms with Crippen molar-refractivity contribution in [2.75, 3.05) is 27.4 Å². The summed E-state index contributed by atoms with van der Waals surface area (Å²) in [4.78, 5) is 53.6. The SMILES string of the molecule is COc1cc2sc(C(=O)C[C@H](C)C(=O)O)cc2nc1OCCCOc1c(OC)cc2sc(C(=O)CC(C)(C)C(C)=O)cc2c1F. The molecule has 240 valence electrons. The summed E-state index contributed by atoms with van der Waals surface area (Å²) >= 11 is 2.33. The third-order valence-corrected chi connectivity index (χ3v) is 9.59. The van der Waals surface area contributed by atoms with Gasteiger partial charge in [-0.2, -0.15) is 0 Å². The van der Waals surface area contributed by atoms with E-state index in [1.165, 1.54) is 45.5 Å². The molecule has 0 aliphatic carbocycles. The van der Waals surface area contributed by atoms with E-state index in [0.29, 0.717) is 36.8 Å². The van der Waals surface area contributed by atoms with Gasteiger partial charge in [-0.1, -0.05) is 20.8 Å². The van der Waals surface area contributed by atoms with Crippen molar-refractivity contribution >= 4 is 66.3 Å². The number of pyridine rings is 1. The van der Waals surface area contributed by atoms with Gasteiger partial charge in [0.05, 0.1) is 53.3 Å². The van der Waals surface area contributed by atoms with Crippen molar-refractivity contribution in [2.45, 2.75) is 47.0 Å². The molecular formula is C32H34FNO9S2. The first-order valence-electron chi connectivity index (χ1n) is 14.1. The number of carboxylic acid groups (broad SMARTS) is 1. The molecule has 4 aromatic rings. The second-order valence-electron chi connectivity index (χ2n) is 11.2. The number of nitrogens with zero attached hydrogens (tertiary/aromatic N) is 1. The van der Waals surface area contributed by atoms with Crippen LogP contribution in [0.2, 0.25) is 0 Å². The maximum absolute atomic E-state index is 15.6. The molecule has 0 unspecified atom stereocenters. The lowest BCUT2D eigenvalue weighted by atomic mass is 9.83. The predicted octanol–water partition coefficient (Wildman–Crippen LogP) is 7.00. The Balaban J connectivity index is 1.42. The second kappa shape index (κ2) is 13.9. The van der Waals surface area contributed by atoms with Crippen molar-refractivity contribution in [2.24, 2.45) is 11.3 Å². The maximum atomic E-state index is 15.6. The van der Waals surface area contributed by atoms with Gasteiger partial charge in [-0.15, -0.1) is 22.7 Å². The van der Waals surface area contributed by atoms with Gasteiger partial charge in [0.2, 0.25) is 0 Å². The molecule has 0 spiro atoms. The summed E-state index contributed by atoms with van der Waals surface area (Å²) in [6, 6.07) is 6.40. The lowest BCUT2D eigenvalue weighted by Gasteiger charge is -2.19. The number of ether oxygens (including phenoxy) is 4. The molecule has 10 nitrogen and oxygen atoms in total. The molecule has 0 aliphatic rings. The Morgan fingerprint density at radius 1 is 0.933 bits per heavy atom. The molecule has 0 amide bonds. The summed E-state index contributed by atoms with van der Waals surface area (Å²) in [6.45, 7) is 6.56. The number of carboxylic acids is 1. The molecule has 0 saturated carbocycles. The van der Waals surface area contributed by atoms with Gasteiger partial charge in [-0.05, 0) is 19.1 Å². The monoisotopic (exact) mass is 659 g/mol. The molecule has 1 atom stereocenters. The van der Waals surface area contributed by atoms with Gasteiger partial charge in [-0.25, -0.2) is 9.37 Å². The van der Waals surface area contributed by atoms with Gasteiger partial charge < -0.3 is 24.1 Å². The zero-order valence-corrected chi connectivity index (χ0v) is 27.4. The molecule has 0 saturated heterocycles. The number of benzene rings is 1. The Hall–Kier alpha value is -4.10. The molecular weight excluding hydrogens is 625 g/mol. The third-order valence-electron chi connectivity index (χ3n) is 7.35. The smallest absolute Gasteiger partial charge is 0.306 e. The number of halogens is 1. The van der Waals surface area contributed by atoms with E-state index >= 15 is 4.39 Å². The Morgan fingerprint density at radius 3 is 2.20 bits per heavy atom. The number of methoxy groups -OCH3 is 2. The standard InChI is InChI=1S/C32H34FNO9S2/c1-16(31(38)39)10-20(36)27-12-19-25(45-27)14-23(41-6)30(34-19)43-9-7-8-42-29-22(40-5)13-24-18(28(29)33)11-26(44-24)21(37)15-32(3,4)17(2)35/h11-14,16H,7-10,15H2,1-6H3,(H,38,39)/t16-/m0/s1. The van der Waals surface area contributed by atoms with Crippen LogP contribution in [-0.4, -0.2) is 60.8 Å². The van der Waals surface area contributed by atoms with E-state index in [2.05, 4.69) is 4.98 Å². The number of hydrogen-bond donors (Lipinski definition) is 1. The summed E-state index contributed by atoms with van der Waals surface area (Å²) in [7, 11) is 2.86. The van der Waals surface area contributed by atoms with Crippen LogP contribution in [0.15, 0.2) is 24.3 Å². The molecule has 1 N–H and O–H groups in total. The van der Waals surface area contributed by atoms with Crippen LogP contribution in [0.1, 0.15) is 66.3 Å². The van der Waals surface area contributed by atoms with Gasteiger partial charge in [-0.3, -0.25) is 19.2 Å². The number of fused-ring (bicyclic) bond motifs is 2. The molecule has 4 rings (SSSR count). The van der Waals surface area contributed by atoms with Gasteiger partial charge in [0.15, 0.2) is 34.6 Å². The third kappa shape index (κ3) is 7.59. The minimum Gasteiger partial charge on any atom is -0.493 e. The highest BCUT2D eigenvalue weighted by molar-refractivity contribution is 7.21. The molecule has 0 fully saturated rings. The van der Waals surface area contributed by atoms with Crippen LogP contribution in [0.25, 0.3) is 20.3 Å². The average molecular weight is 660 g/mol. The Labute approximate surface area is 267 Å². The minimum absolute atomic E-state index is 0.0155. The van der Waals surface area contributed by atoms with Gasteiger partial charge in [0.25, 0.3) is 5.88 Å². The zero-order chi connectivity index (χ0) is 33.1. The molecule has 1 aromatic carbocycles. The number of carbonyl (C=O) groups excluding carboxylic acids is 3. The van der Waals surface area contributed by atoms with Crippen molar-refractivity contribution in [1.82, 2.24) is 4.98 Å². The van der Waals surface area contributed by atoms with E-state index in [1.807, 2.05) is 0 Å². The second-order valence-corrected chi connectivity index (χ2v) is 13.4. The molecule has 13 heteroatoms. The van der Waals surface area contributed by atoms with E-state index in [4.69, 9.17) is 24.1 Å². The van der Waals surface area contributed by atoms with Gasteiger partial charge in [0, 0.05) is 46.9 Å². The van der Waals surface area contributed by atoms with Crippen LogP contribution >= 0.6 is 22.7 Å². The summed E-state index contributed by atoms with van der Waals surface area (Å²) in [5.74, 6) is -2.46. The number of aliphatic carboxylic acids is 1. The number of Topliss-reactive ketones (excluding diaryl/α,β-unsaturated/α-hetero) is 3. The zero-order valence-electron chi connectivity index (χ0n) is 25.8. The van der Waals surface area contributed by atoms with Crippen molar-refractivity contribution < 1.29 is 47.6 Å². The van der Waals surface area contributed by atoms with E-state index in [0.717, 1.165) is 11.3 Å². The van der Waals surface area contributed by atoms with E-state index in [1.54, 1.807) is 32.0 Å². The molecule has 3 heterocycles. The van der Waals surface area contributed by atoms with Crippen molar-refractivity contribution in [3.05, 3.63) is 39.8 Å². The summed E-state index contributed by atoms with van der Waals surface area (Å²) in [5, 5.41) is 9.33. The van der Waals surface area contributed by atoms with Gasteiger partial charge >= 0.3 is 5.97 Å². The lowest BCUT2D eigenvalue weighted by molar-refractivity contribution is -0.141. The number of ketones is 3. The quantitative estimate of drug-likeness (QED) is 0.0989. The molecule has 0 bridgehead atoms. The number of carbonyl (C=O) groups is 4. The fraction of sp³-hybridized carbons (Fsp3) is 0.406. The Morgan fingerprint density at radius 2 is 1.56 bits per heavy atom. The highest BCUT2D eigenvalue weighted by Crippen LogP contribution is 2.41. The van der Waals surface area contributed by atoms with Crippen LogP contribution in [-0.2, 0) is 9.59 Å². The summed E-state index contributed by atoms with van der Waals surface area (Å²) in [5.41, 5.74) is -0.309. The maximum Gasteiger partial charge on any atom is 0.306 e. The molecule has 0 radical (unpaired) electrons. The van der Waals surface area contributed by atoms with Crippen LogP contribution in [0, 0.1) is 17.2 Å². The Kier molecular flexibility index (Phi) is 10.4. The van der Waals surface area contributed by atoms with Crippen LogP contribution in [0.5, 0.6) is 23.1 Å². The number of aromatic nitrogens is 1. The number of hydrogen-bond acceptors (Lipinski definition) is 11. The predicted molar refractivity (Wildman–Crippen MR) is 169 cm³/mol. The highest BCUT2D eigenvalue weighted by Gasteiger charge is 2.29. The fourth-order valence-corrected chi connectivity index (χ4v) is 6.33. The summed E-state index contributed by atoms with van der Waals surface area (Å²) in [6.07, 6.45) is 0.241. The molecule has 45 heavy (non-hydrogen) atoms. The van der Waals surface area contributed by atoms with Crippen LogP contribution < -0.4 is 18.9 Å². The first-order valence-corrected chi connectivity index (χ1v) is 15.7. The molecule has 3 aromatic heterocycles. The lowest BCUT2D eigenvalue weighted by Crippen LogP contribution is -2.24. The normalized spacial score (nSPS) is 12.2. The first kappa shape index (κ1) is 33.8. The van der Waals surface area contributed by atoms with Crippen molar-refractivity contribution in [3.63, 3.8) is 0 Å². The molecule has 0 aliphatic heterocycles. The average Bonchev–Trinajstić information content (AvgIpc) is 3.61. The van der Waals surface area contributed by atoms with E-state index < -0.39 is 23.1 Å². The highest BCUT2D eigenvalue weighted by atomic mass is 32.1. The number of thiophene rings is 2. The Bertz CT molecular complexity index is 1780. The largest absolute Gasteiger partial charge is 0.493 e. The van der Waals surface area contributed by atoms with Crippen LogP contribution in [0.3, 0.4) is 0 Å². The van der Waals surface area contributed by atoms with Gasteiger partial charge in [0.1, 0.15) is 5.78 Å². The van der Waals surface area contributed by atoms with Crippen molar-refractivity contribution in [3.8, 4) is 23.1 Å².